The largest absolute Gasteiger partial charge is 0.312 e. The molecular formula is C29H27N3OS. The molecule has 0 unspecified atom stereocenters. The molecule has 0 spiro atoms. The van der Waals surface area contributed by atoms with Crippen molar-refractivity contribution in [3.63, 3.8) is 0 Å². The van der Waals surface area contributed by atoms with Crippen LogP contribution in [0.3, 0.4) is 0 Å². The van der Waals surface area contributed by atoms with Gasteiger partial charge in [-0.3, -0.25) is 4.79 Å². The van der Waals surface area contributed by atoms with Crippen molar-refractivity contribution in [2.45, 2.75) is 51.9 Å². The Morgan fingerprint density at radius 1 is 1.06 bits per heavy atom. The number of hydrogen-bond acceptors (Lipinski definition) is 4. The van der Waals surface area contributed by atoms with Gasteiger partial charge in [0.1, 0.15) is 11.1 Å². The SMILES string of the molecule is CCc1ccc(-c2cc(C(=O)Nc3sc4c(c3C#N)CCCCCC4)c3ccccc3n2)cc1. The van der Waals surface area contributed by atoms with Gasteiger partial charge in [-0.1, -0.05) is 62.2 Å². The number of para-hydroxylation sites is 1. The monoisotopic (exact) mass is 465 g/mol. The molecule has 0 saturated carbocycles. The van der Waals surface area contributed by atoms with Crippen LogP contribution >= 0.6 is 11.3 Å². The first-order valence-electron chi connectivity index (χ1n) is 12.0. The van der Waals surface area contributed by atoms with E-state index >= 15 is 0 Å². The van der Waals surface area contributed by atoms with E-state index in [0.29, 0.717) is 16.1 Å². The van der Waals surface area contributed by atoms with Crippen molar-refractivity contribution in [3.05, 3.63) is 81.7 Å². The highest BCUT2D eigenvalue weighted by Crippen LogP contribution is 2.37. The van der Waals surface area contributed by atoms with Gasteiger partial charge in [-0.05, 0) is 55.4 Å². The van der Waals surface area contributed by atoms with E-state index in [1.54, 1.807) is 11.3 Å². The predicted molar refractivity (Wildman–Crippen MR) is 139 cm³/mol. The van der Waals surface area contributed by atoms with Crippen LogP contribution in [0.15, 0.2) is 54.6 Å². The van der Waals surface area contributed by atoms with Crippen molar-refractivity contribution >= 4 is 33.1 Å². The number of rotatable bonds is 4. The molecule has 1 aliphatic rings. The van der Waals surface area contributed by atoms with Gasteiger partial charge in [0.15, 0.2) is 0 Å². The summed E-state index contributed by atoms with van der Waals surface area (Å²) in [5, 5.41) is 14.5. The third kappa shape index (κ3) is 4.34. The van der Waals surface area contributed by atoms with Gasteiger partial charge in [-0.2, -0.15) is 5.26 Å². The number of carbonyl (C=O) groups is 1. The second kappa shape index (κ2) is 9.79. The molecule has 0 atom stereocenters. The zero-order chi connectivity index (χ0) is 23.5. The first-order valence-corrected chi connectivity index (χ1v) is 12.8. The van der Waals surface area contributed by atoms with Crippen LogP contribution in [0.2, 0.25) is 0 Å². The van der Waals surface area contributed by atoms with Crippen LogP contribution < -0.4 is 5.32 Å². The van der Waals surface area contributed by atoms with Crippen molar-refractivity contribution in [1.82, 2.24) is 4.98 Å². The van der Waals surface area contributed by atoms with Crippen LogP contribution in [0.1, 0.15) is 64.5 Å². The standard InChI is InChI=1S/C29H27N3OS/c1-2-19-13-15-20(16-14-19)26-17-23(21-9-7-8-11-25(21)31-26)28(33)32-29-24(18-30)22-10-5-3-4-6-12-27(22)34-29/h7-9,11,13-17H,2-6,10,12H2,1H3,(H,32,33). The van der Waals surface area contributed by atoms with Crippen LogP contribution in [0.25, 0.3) is 22.2 Å². The summed E-state index contributed by atoms with van der Waals surface area (Å²) in [7, 11) is 0. The van der Waals surface area contributed by atoms with Gasteiger partial charge in [-0.25, -0.2) is 4.98 Å². The Hall–Kier alpha value is -3.49. The molecule has 2 heterocycles. The molecule has 0 aliphatic heterocycles. The van der Waals surface area contributed by atoms with E-state index in [2.05, 4.69) is 42.6 Å². The Morgan fingerprint density at radius 3 is 2.59 bits per heavy atom. The van der Waals surface area contributed by atoms with E-state index < -0.39 is 0 Å². The highest BCUT2D eigenvalue weighted by atomic mass is 32.1. The molecule has 0 radical (unpaired) electrons. The third-order valence-electron chi connectivity index (χ3n) is 6.63. The zero-order valence-corrected chi connectivity index (χ0v) is 20.2. The molecule has 0 saturated heterocycles. The van der Waals surface area contributed by atoms with Crippen molar-refractivity contribution in [1.29, 1.82) is 5.26 Å². The normalized spacial score (nSPS) is 13.5. The van der Waals surface area contributed by atoms with Crippen LogP contribution in [-0.2, 0) is 19.3 Å². The van der Waals surface area contributed by atoms with E-state index in [0.717, 1.165) is 59.8 Å². The molecule has 0 bridgehead atoms. The Labute approximate surface area is 204 Å². The molecule has 2 aromatic heterocycles. The molecule has 170 valence electrons. The second-order valence-corrected chi connectivity index (χ2v) is 9.92. The molecule has 4 aromatic rings. The van der Waals surface area contributed by atoms with Gasteiger partial charge in [-0.15, -0.1) is 11.3 Å². The fourth-order valence-corrected chi connectivity index (χ4v) is 5.95. The number of hydrogen-bond donors (Lipinski definition) is 1. The minimum atomic E-state index is -0.198. The molecule has 1 amide bonds. The number of aromatic nitrogens is 1. The van der Waals surface area contributed by atoms with Crippen LogP contribution in [-0.4, -0.2) is 10.9 Å². The van der Waals surface area contributed by atoms with Crippen LogP contribution in [0.4, 0.5) is 5.00 Å². The zero-order valence-electron chi connectivity index (χ0n) is 19.4. The number of aryl methyl sites for hydroxylation is 2. The lowest BCUT2D eigenvalue weighted by atomic mass is 9.97. The van der Waals surface area contributed by atoms with Crippen molar-refractivity contribution in [3.8, 4) is 17.3 Å². The highest BCUT2D eigenvalue weighted by Gasteiger charge is 2.22. The minimum absolute atomic E-state index is 0.198. The van der Waals surface area contributed by atoms with Gasteiger partial charge in [0.2, 0.25) is 0 Å². The van der Waals surface area contributed by atoms with Gasteiger partial charge >= 0.3 is 0 Å². The molecule has 1 N–H and O–H groups in total. The predicted octanol–water partition coefficient (Wildman–Crippen LogP) is 7.31. The van der Waals surface area contributed by atoms with E-state index in [-0.39, 0.29) is 5.91 Å². The quantitative estimate of drug-likeness (QED) is 0.344. The van der Waals surface area contributed by atoms with Crippen LogP contribution in [0, 0.1) is 11.3 Å². The number of thiophene rings is 1. The van der Waals surface area contributed by atoms with Gasteiger partial charge in [0.25, 0.3) is 5.91 Å². The molecule has 1 aliphatic carbocycles. The topological polar surface area (TPSA) is 65.8 Å². The van der Waals surface area contributed by atoms with E-state index in [9.17, 15) is 10.1 Å². The Bertz CT molecular complexity index is 1400. The molecule has 34 heavy (non-hydrogen) atoms. The van der Waals surface area contributed by atoms with Crippen molar-refractivity contribution < 1.29 is 4.79 Å². The summed E-state index contributed by atoms with van der Waals surface area (Å²) in [5.74, 6) is -0.198. The maximum absolute atomic E-state index is 13.6. The summed E-state index contributed by atoms with van der Waals surface area (Å²) in [6.07, 6.45) is 7.55. The number of amides is 1. The summed E-state index contributed by atoms with van der Waals surface area (Å²) in [6, 6.07) is 20.3. The number of nitriles is 1. The average Bonchev–Trinajstić information content (AvgIpc) is 3.18. The lowest BCUT2D eigenvalue weighted by Crippen LogP contribution is -2.13. The third-order valence-corrected chi connectivity index (χ3v) is 7.84. The first kappa shape index (κ1) is 22.3. The lowest BCUT2D eigenvalue weighted by Gasteiger charge is -2.11. The fraction of sp³-hybridized carbons (Fsp3) is 0.276. The van der Waals surface area contributed by atoms with E-state index in [1.807, 2.05) is 30.3 Å². The molecule has 5 rings (SSSR count). The fourth-order valence-electron chi connectivity index (χ4n) is 4.72. The number of carbonyl (C=O) groups excluding carboxylic acids is 1. The number of benzene rings is 2. The summed E-state index contributed by atoms with van der Waals surface area (Å²) in [5.41, 5.74) is 6.15. The molecule has 4 nitrogen and oxygen atoms in total. The number of nitrogens with zero attached hydrogens (tertiary/aromatic N) is 2. The van der Waals surface area contributed by atoms with Crippen LogP contribution in [0.5, 0.6) is 0 Å². The van der Waals surface area contributed by atoms with Gasteiger partial charge in [0, 0.05) is 15.8 Å². The number of fused-ring (bicyclic) bond motifs is 2. The second-order valence-electron chi connectivity index (χ2n) is 8.81. The Morgan fingerprint density at radius 2 is 1.82 bits per heavy atom. The van der Waals surface area contributed by atoms with E-state index in [4.69, 9.17) is 4.98 Å². The summed E-state index contributed by atoms with van der Waals surface area (Å²) >= 11 is 1.57. The molecule has 0 fully saturated rings. The smallest absolute Gasteiger partial charge is 0.257 e. The minimum Gasteiger partial charge on any atom is -0.312 e. The van der Waals surface area contributed by atoms with Gasteiger partial charge < -0.3 is 5.32 Å². The van der Waals surface area contributed by atoms with Crippen molar-refractivity contribution in [2.24, 2.45) is 0 Å². The van der Waals surface area contributed by atoms with Gasteiger partial charge in [0.05, 0.1) is 22.3 Å². The number of pyridine rings is 1. The Kier molecular flexibility index (Phi) is 6.42. The summed E-state index contributed by atoms with van der Waals surface area (Å²) in [6.45, 7) is 2.13. The maximum atomic E-state index is 13.6. The summed E-state index contributed by atoms with van der Waals surface area (Å²) in [4.78, 5) is 19.7. The number of nitrogens with one attached hydrogen (secondary N) is 1. The first-order chi connectivity index (χ1) is 16.7. The summed E-state index contributed by atoms with van der Waals surface area (Å²) < 4.78 is 0. The molecular weight excluding hydrogens is 438 g/mol. The maximum Gasteiger partial charge on any atom is 0.257 e. The van der Waals surface area contributed by atoms with Crippen molar-refractivity contribution in [2.75, 3.05) is 5.32 Å². The Balaban J connectivity index is 1.54. The average molecular weight is 466 g/mol. The molecule has 2 aromatic carbocycles. The van der Waals surface area contributed by atoms with E-state index in [1.165, 1.54) is 23.3 Å². The lowest BCUT2D eigenvalue weighted by molar-refractivity contribution is 0.102. The highest BCUT2D eigenvalue weighted by molar-refractivity contribution is 7.16. The molecule has 5 heteroatoms. The number of anilines is 1.